The van der Waals surface area contributed by atoms with Crippen molar-refractivity contribution in [3.8, 4) is 11.3 Å². The number of pyridine rings is 2. The Hall–Kier alpha value is -4.31. The van der Waals surface area contributed by atoms with Gasteiger partial charge in [0, 0.05) is 61.9 Å². The highest BCUT2D eigenvalue weighted by Gasteiger charge is 2.16. The van der Waals surface area contributed by atoms with Crippen molar-refractivity contribution in [1.82, 2.24) is 34.4 Å². The molecule has 1 saturated heterocycles. The lowest BCUT2D eigenvalue weighted by atomic mass is 10.1. The van der Waals surface area contributed by atoms with E-state index >= 15 is 0 Å². The number of imidazole rings is 1. The third kappa shape index (κ3) is 3.73. The fourth-order valence-electron chi connectivity index (χ4n) is 4.18. The summed E-state index contributed by atoms with van der Waals surface area (Å²) in [5.74, 6) is 0.683. The number of H-pyrrole nitrogens is 1. The molecular weight excluding hydrogens is 430 g/mol. The van der Waals surface area contributed by atoms with Gasteiger partial charge in [-0.1, -0.05) is 0 Å². The quantitative estimate of drug-likeness (QED) is 0.431. The van der Waals surface area contributed by atoms with Gasteiger partial charge in [0.15, 0.2) is 5.65 Å². The molecule has 0 spiro atoms. The third-order valence-electron chi connectivity index (χ3n) is 6.16. The number of hydrogen-bond donors (Lipinski definition) is 2. The number of fused-ring (bicyclic) bond motifs is 2. The summed E-state index contributed by atoms with van der Waals surface area (Å²) >= 11 is 0. The minimum Gasteiger partial charge on any atom is -0.354 e. The van der Waals surface area contributed by atoms with Gasteiger partial charge >= 0.3 is 0 Å². The highest BCUT2D eigenvalue weighted by Crippen LogP contribution is 2.27. The number of likely N-dealkylation sites (N-methyl/N-ethyl adjacent to an activating group) is 1. The van der Waals surface area contributed by atoms with Gasteiger partial charge in [0.05, 0.1) is 23.1 Å². The highest BCUT2D eigenvalue weighted by molar-refractivity contribution is 6.07. The summed E-state index contributed by atoms with van der Waals surface area (Å²) in [7, 11) is 2.13. The van der Waals surface area contributed by atoms with Gasteiger partial charge in [0.2, 0.25) is 0 Å². The lowest BCUT2D eigenvalue weighted by Crippen LogP contribution is -2.44. The van der Waals surface area contributed by atoms with Crippen LogP contribution in [0, 0.1) is 0 Å². The largest absolute Gasteiger partial charge is 0.354 e. The van der Waals surface area contributed by atoms with E-state index in [0.717, 1.165) is 54.3 Å². The predicted octanol–water partition coefficient (Wildman–Crippen LogP) is 2.67. The first-order chi connectivity index (χ1) is 16.6. The van der Waals surface area contributed by atoms with Crippen LogP contribution in [0.15, 0.2) is 61.3 Å². The number of aromatic amines is 1. The molecule has 1 fully saturated rings. The lowest BCUT2D eigenvalue weighted by molar-refractivity contribution is 0.102. The fraction of sp³-hybridized carbons (Fsp3) is 0.208. The van der Waals surface area contributed by atoms with E-state index in [0.29, 0.717) is 16.9 Å². The van der Waals surface area contributed by atoms with Gasteiger partial charge < -0.3 is 20.1 Å². The van der Waals surface area contributed by atoms with E-state index in [4.69, 9.17) is 0 Å². The van der Waals surface area contributed by atoms with Crippen molar-refractivity contribution in [2.24, 2.45) is 0 Å². The molecule has 1 amide bonds. The predicted molar refractivity (Wildman–Crippen MR) is 130 cm³/mol. The molecule has 2 N–H and O–H groups in total. The second-order valence-corrected chi connectivity index (χ2v) is 8.42. The molecule has 0 aliphatic carbocycles. The number of anilines is 2. The number of nitrogens with one attached hydrogen (secondary N) is 2. The monoisotopic (exact) mass is 453 g/mol. The molecule has 170 valence electrons. The average Bonchev–Trinajstić information content (AvgIpc) is 3.51. The molecule has 1 aliphatic rings. The topological polar surface area (TPSA) is 107 Å². The van der Waals surface area contributed by atoms with Crippen LogP contribution in [0.1, 0.15) is 10.4 Å². The van der Waals surface area contributed by atoms with Crippen molar-refractivity contribution in [3.05, 3.63) is 66.9 Å². The third-order valence-corrected chi connectivity index (χ3v) is 6.16. The molecule has 0 radical (unpaired) electrons. The molecule has 5 aromatic rings. The van der Waals surface area contributed by atoms with E-state index in [1.165, 1.54) is 0 Å². The first-order valence-electron chi connectivity index (χ1n) is 11.1. The Labute approximate surface area is 195 Å². The van der Waals surface area contributed by atoms with Crippen LogP contribution < -0.4 is 10.2 Å². The second-order valence-electron chi connectivity index (χ2n) is 8.42. The summed E-state index contributed by atoms with van der Waals surface area (Å²) in [4.78, 5) is 33.9. The van der Waals surface area contributed by atoms with Crippen LogP contribution in [0.2, 0.25) is 0 Å². The summed E-state index contributed by atoms with van der Waals surface area (Å²) in [5, 5.41) is 8.36. The first-order valence-corrected chi connectivity index (χ1v) is 11.1. The van der Waals surface area contributed by atoms with Crippen molar-refractivity contribution in [3.63, 3.8) is 0 Å². The summed E-state index contributed by atoms with van der Waals surface area (Å²) in [6, 6.07) is 9.48. The van der Waals surface area contributed by atoms with Crippen LogP contribution in [-0.4, -0.2) is 73.6 Å². The standard InChI is InChI=1S/C24H23N9O/c1-31-8-10-32(11-9-31)21-4-2-17(14-26-21)29-24(34)16-12-18-19(15-28-23(18)27-13-16)20-3-5-22-25-6-7-33(22)30-20/h2-7,12-15H,8-11H2,1H3,(H,27,28)(H,29,34). The van der Waals surface area contributed by atoms with Gasteiger partial charge in [-0.25, -0.2) is 19.5 Å². The fourth-order valence-corrected chi connectivity index (χ4v) is 4.18. The Morgan fingerprint density at radius 3 is 2.74 bits per heavy atom. The molecule has 10 nitrogen and oxygen atoms in total. The van der Waals surface area contributed by atoms with Crippen molar-refractivity contribution in [2.45, 2.75) is 0 Å². The van der Waals surface area contributed by atoms with E-state index in [9.17, 15) is 4.79 Å². The van der Waals surface area contributed by atoms with Gasteiger partial charge in [-0.3, -0.25) is 4.79 Å². The molecule has 0 atom stereocenters. The smallest absolute Gasteiger partial charge is 0.257 e. The number of nitrogens with zero attached hydrogens (tertiary/aromatic N) is 7. The number of aromatic nitrogens is 6. The molecule has 5 aromatic heterocycles. The first kappa shape index (κ1) is 20.3. The van der Waals surface area contributed by atoms with Crippen molar-refractivity contribution < 1.29 is 4.79 Å². The summed E-state index contributed by atoms with van der Waals surface area (Å²) in [6.45, 7) is 3.93. The number of amides is 1. The summed E-state index contributed by atoms with van der Waals surface area (Å²) in [6.07, 6.45) is 8.62. The van der Waals surface area contributed by atoms with Gasteiger partial charge in [0.25, 0.3) is 5.91 Å². The minimum absolute atomic E-state index is 0.242. The molecule has 6 rings (SSSR count). The van der Waals surface area contributed by atoms with E-state index < -0.39 is 0 Å². The van der Waals surface area contributed by atoms with Crippen LogP contribution in [0.4, 0.5) is 11.5 Å². The molecule has 6 heterocycles. The maximum absolute atomic E-state index is 13.0. The number of carbonyl (C=O) groups is 1. The zero-order valence-electron chi connectivity index (χ0n) is 18.6. The van der Waals surface area contributed by atoms with E-state index in [2.05, 4.69) is 47.2 Å². The van der Waals surface area contributed by atoms with Crippen LogP contribution >= 0.6 is 0 Å². The zero-order chi connectivity index (χ0) is 23.1. The molecule has 34 heavy (non-hydrogen) atoms. The highest BCUT2D eigenvalue weighted by atomic mass is 16.1. The molecular formula is C24H23N9O. The average molecular weight is 454 g/mol. The molecule has 0 unspecified atom stereocenters. The van der Waals surface area contributed by atoms with E-state index in [1.54, 1.807) is 29.3 Å². The lowest BCUT2D eigenvalue weighted by Gasteiger charge is -2.33. The number of hydrogen-bond acceptors (Lipinski definition) is 7. The Morgan fingerprint density at radius 2 is 1.91 bits per heavy atom. The van der Waals surface area contributed by atoms with Crippen molar-refractivity contribution in [1.29, 1.82) is 0 Å². The normalized spacial score (nSPS) is 14.7. The Kier molecular flexibility index (Phi) is 4.92. The van der Waals surface area contributed by atoms with Gasteiger partial charge in [-0.2, -0.15) is 5.10 Å². The SMILES string of the molecule is CN1CCN(c2ccc(NC(=O)c3cnc4[nH]cc(-c5ccc6nccn6n5)c4c3)cn2)CC1. The van der Waals surface area contributed by atoms with E-state index in [-0.39, 0.29) is 5.91 Å². The summed E-state index contributed by atoms with van der Waals surface area (Å²) in [5.41, 5.74) is 4.20. The van der Waals surface area contributed by atoms with Gasteiger partial charge in [-0.05, 0) is 37.4 Å². The molecule has 0 aromatic carbocycles. The molecule has 0 bridgehead atoms. The van der Waals surface area contributed by atoms with Crippen molar-refractivity contribution >= 4 is 34.1 Å². The van der Waals surface area contributed by atoms with E-state index in [1.807, 2.05) is 36.5 Å². The molecule has 10 heteroatoms. The minimum atomic E-state index is -0.242. The molecule has 1 aliphatic heterocycles. The Bertz CT molecular complexity index is 1480. The maximum atomic E-state index is 13.0. The van der Waals surface area contributed by atoms with Gasteiger partial charge in [0.1, 0.15) is 11.5 Å². The van der Waals surface area contributed by atoms with Crippen LogP contribution in [0.25, 0.3) is 27.9 Å². The van der Waals surface area contributed by atoms with Crippen LogP contribution in [0.3, 0.4) is 0 Å². The van der Waals surface area contributed by atoms with Gasteiger partial charge in [-0.15, -0.1) is 0 Å². The second kappa shape index (κ2) is 8.23. The number of piperazine rings is 1. The molecule has 0 saturated carbocycles. The number of carbonyl (C=O) groups excluding carboxylic acids is 1. The summed E-state index contributed by atoms with van der Waals surface area (Å²) < 4.78 is 1.72. The van der Waals surface area contributed by atoms with Crippen molar-refractivity contribution in [2.75, 3.05) is 43.4 Å². The maximum Gasteiger partial charge on any atom is 0.257 e. The Balaban J connectivity index is 1.22. The number of rotatable bonds is 4. The zero-order valence-corrected chi connectivity index (χ0v) is 18.6. The Morgan fingerprint density at radius 1 is 1.03 bits per heavy atom. The van der Waals surface area contributed by atoms with Crippen LogP contribution in [-0.2, 0) is 0 Å². The van der Waals surface area contributed by atoms with Crippen LogP contribution in [0.5, 0.6) is 0 Å².